The number of carbonyl (C=O) groups excluding carboxylic acids is 1. The van der Waals surface area contributed by atoms with Gasteiger partial charge in [0.05, 0.1) is 22.7 Å². The molecule has 1 aliphatic heterocycles. The molecule has 1 heterocycles. The molecule has 1 aliphatic rings. The van der Waals surface area contributed by atoms with Crippen LogP contribution in [0.25, 0.3) is 0 Å². The summed E-state index contributed by atoms with van der Waals surface area (Å²) in [7, 11) is 1.44. The molecule has 1 fully saturated rings. The van der Waals surface area contributed by atoms with E-state index in [0.29, 0.717) is 43.3 Å². The van der Waals surface area contributed by atoms with Gasteiger partial charge in [0.15, 0.2) is 11.6 Å². The van der Waals surface area contributed by atoms with E-state index >= 15 is 0 Å². The lowest BCUT2D eigenvalue weighted by atomic mass is 10.1. The SMILES string of the molecule is COc1ccc(CN2CCN(C(=O)c3cccc(Cl)c3Cl)CC2)cc1F. The van der Waals surface area contributed by atoms with Crippen LogP contribution in [0.4, 0.5) is 4.39 Å². The summed E-state index contributed by atoms with van der Waals surface area (Å²) < 4.78 is 18.7. The fourth-order valence-electron chi connectivity index (χ4n) is 3.01. The summed E-state index contributed by atoms with van der Waals surface area (Å²) in [4.78, 5) is 16.6. The van der Waals surface area contributed by atoms with Gasteiger partial charge in [0, 0.05) is 32.7 Å². The minimum absolute atomic E-state index is 0.118. The summed E-state index contributed by atoms with van der Waals surface area (Å²) in [6, 6.07) is 10.0. The monoisotopic (exact) mass is 396 g/mol. The highest BCUT2D eigenvalue weighted by molar-refractivity contribution is 6.43. The Hall–Kier alpha value is -1.82. The van der Waals surface area contributed by atoms with Crippen LogP contribution in [0.3, 0.4) is 0 Å². The number of nitrogens with zero attached hydrogens (tertiary/aromatic N) is 2. The zero-order valence-electron chi connectivity index (χ0n) is 14.3. The first-order valence-corrected chi connectivity index (χ1v) is 9.03. The lowest BCUT2D eigenvalue weighted by Crippen LogP contribution is -2.48. The molecular formula is C19H19Cl2FN2O2. The van der Waals surface area contributed by atoms with Gasteiger partial charge in [-0.05, 0) is 29.8 Å². The largest absolute Gasteiger partial charge is 0.494 e. The predicted octanol–water partition coefficient (Wildman–Crippen LogP) is 4.10. The first kappa shape index (κ1) is 19.0. The summed E-state index contributed by atoms with van der Waals surface area (Å²) in [5, 5.41) is 0.660. The van der Waals surface area contributed by atoms with Crippen molar-refractivity contribution in [2.24, 2.45) is 0 Å². The van der Waals surface area contributed by atoms with Crippen LogP contribution < -0.4 is 4.74 Å². The topological polar surface area (TPSA) is 32.8 Å². The minimum Gasteiger partial charge on any atom is -0.494 e. The number of hydrogen-bond donors (Lipinski definition) is 0. The van der Waals surface area contributed by atoms with E-state index in [1.54, 1.807) is 29.2 Å². The van der Waals surface area contributed by atoms with Crippen molar-refractivity contribution in [3.8, 4) is 5.75 Å². The molecule has 0 N–H and O–H groups in total. The molecule has 7 heteroatoms. The highest BCUT2D eigenvalue weighted by Gasteiger charge is 2.24. The molecule has 1 amide bonds. The molecule has 0 aromatic heterocycles. The molecule has 0 atom stereocenters. The van der Waals surface area contributed by atoms with E-state index in [2.05, 4.69) is 4.90 Å². The number of ether oxygens (including phenoxy) is 1. The van der Waals surface area contributed by atoms with Crippen LogP contribution in [0.2, 0.25) is 10.0 Å². The third-order valence-electron chi connectivity index (χ3n) is 4.46. The van der Waals surface area contributed by atoms with Crippen LogP contribution in [0.5, 0.6) is 5.75 Å². The van der Waals surface area contributed by atoms with Gasteiger partial charge < -0.3 is 9.64 Å². The maximum absolute atomic E-state index is 13.8. The summed E-state index contributed by atoms with van der Waals surface area (Å²) >= 11 is 12.1. The average Bonchev–Trinajstić information content (AvgIpc) is 2.64. The molecule has 0 aliphatic carbocycles. The fraction of sp³-hybridized carbons (Fsp3) is 0.316. The first-order chi connectivity index (χ1) is 12.5. The van der Waals surface area contributed by atoms with Crippen molar-refractivity contribution in [3.63, 3.8) is 0 Å². The van der Waals surface area contributed by atoms with Gasteiger partial charge in [0.2, 0.25) is 0 Å². The highest BCUT2D eigenvalue weighted by Crippen LogP contribution is 2.27. The molecule has 0 radical (unpaired) electrons. The fourth-order valence-corrected chi connectivity index (χ4v) is 3.40. The van der Waals surface area contributed by atoms with Crippen molar-refractivity contribution < 1.29 is 13.9 Å². The van der Waals surface area contributed by atoms with E-state index in [0.717, 1.165) is 5.56 Å². The molecule has 0 spiro atoms. The van der Waals surface area contributed by atoms with Crippen molar-refractivity contribution in [1.82, 2.24) is 9.80 Å². The Kier molecular flexibility index (Phi) is 6.01. The molecule has 2 aromatic carbocycles. The average molecular weight is 397 g/mol. The first-order valence-electron chi connectivity index (χ1n) is 8.27. The predicted molar refractivity (Wildman–Crippen MR) is 101 cm³/mol. The van der Waals surface area contributed by atoms with Crippen LogP contribution in [0.15, 0.2) is 36.4 Å². The van der Waals surface area contributed by atoms with Crippen molar-refractivity contribution >= 4 is 29.1 Å². The summed E-state index contributed by atoms with van der Waals surface area (Å²) in [5.41, 5.74) is 1.30. The van der Waals surface area contributed by atoms with Crippen molar-refractivity contribution in [2.75, 3.05) is 33.3 Å². The molecule has 2 aromatic rings. The van der Waals surface area contributed by atoms with Gasteiger partial charge in [0.1, 0.15) is 0 Å². The number of halogens is 3. The number of piperazine rings is 1. The minimum atomic E-state index is -0.366. The smallest absolute Gasteiger partial charge is 0.255 e. The second-order valence-electron chi connectivity index (χ2n) is 6.14. The number of methoxy groups -OCH3 is 1. The van der Waals surface area contributed by atoms with Gasteiger partial charge in [-0.1, -0.05) is 35.3 Å². The second kappa shape index (κ2) is 8.25. The van der Waals surface area contributed by atoms with Gasteiger partial charge in [-0.2, -0.15) is 0 Å². The summed E-state index contributed by atoms with van der Waals surface area (Å²) in [6.45, 7) is 3.20. The molecule has 0 unspecified atom stereocenters. The number of hydrogen-bond acceptors (Lipinski definition) is 3. The molecule has 138 valence electrons. The molecule has 4 nitrogen and oxygen atoms in total. The Balaban J connectivity index is 1.59. The Morgan fingerprint density at radius 2 is 1.88 bits per heavy atom. The molecule has 0 saturated carbocycles. The third-order valence-corrected chi connectivity index (χ3v) is 5.28. The summed E-state index contributed by atoms with van der Waals surface area (Å²) in [6.07, 6.45) is 0. The normalized spacial score (nSPS) is 15.2. The maximum atomic E-state index is 13.8. The van der Waals surface area contributed by atoms with Gasteiger partial charge in [-0.25, -0.2) is 4.39 Å². The highest BCUT2D eigenvalue weighted by atomic mass is 35.5. The van der Waals surface area contributed by atoms with E-state index in [-0.39, 0.29) is 22.5 Å². The third kappa shape index (κ3) is 4.11. The van der Waals surface area contributed by atoms with Gasteiger partial charge >= 0.3 is 0 Å². The zero-order chi connectivity index (χ0) is 18.7. The van der Waals surface area contributed by atoms with Crippen molar-refractivity contribution in [1.29, 1.82) is 0 Å². The standard InChI is InChI=1S/C19H19Cl2FN2O2/c1-26-17-6-5-13(11-16(17)22)12-23-7-9-24(10-8-23)19(25)14-3-2-4-15(20)18(14)21/h2-6,11H,7-10,12H2,1H3. The Bertz CT molecular complexity index is 808. The summed E-state index contributed by atoms with van der Waals surface area (Å²) in [5.74, 6) is -0.246. The number of carbonyl (C=O) groups is 1. The molecular weight excluding hydrogens is 378 g/mol. The van der Waals surface area contributed by atoms with E-state index in [1.807, 2.05) is 6.07 Å². The Morgan fingerprint density at radius 3 is 2.54 bits per heavy atom. The van der Waals surface area contributed by atoms with Gasteiger partial charge in [0.25, 0.3) is 5.91 Å². The van der Waals surface area contributed by atoms with Crippen LogP contribution in [-0.2, 0) is 6.54 Å². The van der Waals surface area contributed by atoms with E-state index in [9.17, 15) is 9.18 Å². The number of benzene rings is 2. The van der Waals surface area contributed by atoms with Crippen LogP contribution in [0.1, 0.15) is 15.9 Å². The van der Waals surface area contributed by atoms with Gasteiger partial charge in [-0.15, -0.1) is 0 Å². The van der Waals surface area contributed by atoms with Crippen molar-refractivity contribution in [2.45, 2.75) is 6.54 Å². The number of amides is 1. The lowest BCUT2D eigenvalue weighted by molar-refractivity contribution is 0.0628. The number of rotatable bonds is 4. The Labute approximate surface area is 162 Å². The van der Waals surface area contributed by atoms with Crippen molar-refractivity contribution in [3.05, 3.63) is 63.4 Å². The molecule has 3 rings (SSSR count). The van der Waals surface area contributed by atoms with Crippen LogP contribution in [-0.4, -0.2) is 49.0 Å². The van der Waals surface area contributed by atoms with Crippen LogP contribution >= 0.6 is 23.2 Å². The van der Waals surface area contributed by atoms with E-state index < -0.39 is 0 Å². The molecule has 1 saturated heterocycles. The van der Waals surface area contributed by atoms with Gasteiger partial charge in [-0.3, -0.25) is 9.69 Å². The quantitative estimate of drug-likeness (QED) is 0.779. The van der Waals surface area contributed by atoms with E-state index in [4.69, 9.17) is 27.9 Å². The maximum Gasteiger partial charge on any atom is 0.255 e. The lowest BCUT2D eigenvalue weighted by Gasteiger charge is -2.35. The van der Waals surface area contributed by atoms with Crippen LogP contribution in [0, 0.1) is 5.82 Å². The van der Waals surface area contributed by atoms with E-state index in [1.165, 1.54) is 13.2 Å². The Morgan fingerprint density at radius 1 is 1.15 bits per heavy atom. The molecule has 0 bridgehead atoms. The second-order valence-corrected chi connectivity index (χ2v) is 6.92. The molecule has 26 heavy (non-hydrogen) atoms. The zero-order valence-corrected chi connectivity index (χ0v) is 15.9.